The van der Waals surface area contributed by atoms with Gasteiger partial charge < -0.3 is 14.6 Å². The fourth-order valence-corrected chi connectivity index (χ4v) is 3.58. The molecule has 29 heavy (non-hydrogen) atoms. The van der Waals surface area contributed by atoms with Crippen LogP contribution in [0.3, 0.4) is 0 Å². The fourth-order valence-electron chi connectivity index (χ4n) is 3.45. The van der Waals surface area contributed by atoms with Crippen LogP contribution in [-0.2, 0) is 26.1 Å². The molecular formula is C22H23ClN4O2. The molecular weight excluding hydrogens is 388 g/mol. The first-order chi connectivity index (χ1) is 14.2. The number of hydrogen-bond acceptors (Lipinski definition) is 4. The molecule has 3 aromatic rings. The number of aryl methyl sites for hydroxylation is 1. The number of carbonyl (C=O) groups is 1. The summed E-state index contributed by atoms with van der Waals surface area (Å²) >= 11 is 5.92. The summed E-state index contributed by atoms with van der Waals surface area (Å²) in [4.78, 5) is 12.8. The van der Waals surface area contributed by atoms with Gasteiger partial charge in [0.15, 0.2) is 5.82 Å². The Hall–Kier alpha value is -2.86. The fraction of sp³-hybridized carbons (Fsp3) is 0.318. The normalized spacial score (nSPS) is 13.4. The Kier molecular flexibility index (Phi) is 6.10. The average Bonchev–Trinajstić information content (AvgIpc) is 2.97. The van der Waals surface area contributed by atoms with Gasteiger partial charge in [-0.1, -0.05) is 42.3 Å². The lowest BCUT2D eigenvalue weighted by Crippen LogP contribution is -2.25. The number of hydrogen-bond donors (Lipinski definition) is 1. The van der Waals surface area contributed by atoms with Gasteiger partial charge in [0, 0.05) is 18.0 Å². The van der Waals surface area contributed by atoms with Gasteiger partial charge in [-0.05, 0) is 42.7 Å². The molecule has 0 saturated carbocycles. The highest BCUT2D eigenvalue weighted by atomic mass is 35.5. The Balaban J connectivity index is 1.41. The van der Waals surface area contributed by atoms with E-state index in [1.54, 1.807) is 12.1 Å². The maximum atomic E-state index is 12.8. The van der Waals surface area contributed by atoms with E-state index in [4.69, 9.17) is 16.3 Å². The van der Waals surface area contributed by atoms with Crippen molar-refractivity contribution in [2.24, 2.45) is 0 Å². The van der Waals surface area contributed by atoms with E-state index in [-0.39, 0.29) is 5.91 Å². The smallest absolute Gasteiger partial charge is 0.255 e. The van der Waals surface area contributed by atoms with Crippen molar-refractivity contribution in [3.8, 4) is 5.75 Å². The number of para-hydroxylation sites is 1. The molecule has 7 heteroatoms. The summed E-state index contributed by atoms with van der Waals surface area (Å²) in [5, 5.41) is 12.2. The summed E-state index contributed by atoms with van der Waals surface area (Å²) in [6.07, 6.45) is 4.41. The van der Waals surface area contributed by atoms with Gasteiger partial charge in [-0.15, -0.1) is 10.2 Å². The van der Waals surface area contributed by atoms with E-state index in [1.165, 1.54) is 6.42 Å². The molecule has 0 unspecified atom stereocenters. The number of halogens is 1. The Bertz CT molecular complexity index is 985. The van der Waals surface area contributed by atoms with Gasteiger partial charge >= 0.3 is 0 Å². The van der Waals surface area contributed by atoms with Crippen molar-refractivity contribution in [3.63, 3.8) is 0 Å². The molecule has 0 fully saturated rings. The van der Waals surface area contributed by atoms with Crippen molar-refractivity contribution in [2.75, 3.05) is 0 Å². The highest BCUT2D eigenvalue weighted by Crippen LogP contribution is 2.20. The second-order valence-corrected chi connectivity index (χ2v) is 7.53. The number of rotatable bonds is 6. The summed E-state index contributed by atoms with van der Waals surface area (Å²) < 4.78 is 8.03. The molecule has 2 heterocycles. The van der Waals surface area contributed by atoms with E-state index < -0.39 is 0 Å². The van der Waals surface area contributed by atoms with Gasteiger partial charge in [0.25, 0.3) is 5.91 Å². The lowest BCUT2D eigenvalue weighted by molar-refractivity contribution is 0.0945. The predicted molar refractivity (Wildman–Crippen MR) is 111 cm³/mol. The van der Waals surface area contributed by atoms with Crippen LogP contribution in [0.25, 0.3) is 0 Å². The largest absolute Gasteiger partial charge is 0.488 e. The number of amides is 1. The first kappa shape index (κ1) is 19.5. The molecule has 1 N–H and O–H groups in total. The number of ether oxygens (including phenoxy) is 1. The van der Waals surface area contributed by atoms with Crippen LogP contribution in [-0.4, -0.2) is 20.7 Å². The van der Waals surface area contributed by atoms with E-state index in [2.05, 4.69) is 20.1 Å². The number of nitrogens with zero attached hydrogens (tertiary/aromatic N) is 3. The second kappa shape index (κ2) is 9.09. The molecule has 150 valence electrons. The van der Waals surface area contributed by atoms with Crippen molar-refractivity contribution in [2.45, 2.75) is 45.4 Å². The van der Waals surface area contributed by atoms with Crippen molar-refractivity contribution < 1.29 is 9.53 Å². The van der Waals surface area contributed by atoms with Crippen LogP contribution >= 0.6 is 11.6 Å². The van der Waals surface area contributed by atoms with Gasteiger partial charge in [0.1, 0.15) is 18.2 Å². The minimum absolute atomic E-state index is 0.192. The van der Waals surface area contributed by atoms with Crippen LogP contribution in [0, 0.1) is 0 Å². The van der Waals surface area contributed by atoms with Crippen LogP contribution in [0.5, 0.6) is 5.75 Å². The lowest BCUT2D eigenvalue weighted by Gasteiger charge is -2.12. The van der Waals surface area contributed by atoms with E-state index in [0.29, 0.717) is 29.5 Å². The summed E-state index contributed by atoms with van der Waals surface area (Å²) in [7, 11) is 0. The van der Waals surface area contributed by atoms with Crippen LogP contribution in [0.1, 0.15) is 46.8 Å². The number of benzene rings is 2. The Morgan fingerprint density at radius 3 is 2.76 bits per heavy atom. The van der Waals surface area contributed by atoms with Crippen molar-refractivity contribution in [1.82, 2.24) is 20.1 Å². The number of carbonyl (C=O) groups excluding carboxylic acids is 1. The first-order valence-electron chi connectivity index (χ1n) is 9.86. The molecule has 1 aromatic heterocycles. The van der Waals surface area contributed by atoms with Gasteiger partial charge in [-0.2, -0.15) is 0 Å². The molecule has 0 atom stereocenters. The van der Waals surface area contributed by atoms with Crippen molar-refractivity contribution in [3.05, 3.63) is 76.3 Å². The van der Waals surface area contributed by atoms with E-state index in [9.17, 15) is 4.79 Å². The van der Waals surface area contributed by atoms with Crippen molar-refractivity contribution in [1.29, 1.82) is 0 Å². The van der Waals surface area contributed by atoms with Gasteiger partial charge in [0.2, 0.25) is 0 Å². The monoisotopic (exact) mass is 410 g/mol. The van der Waals surface area contributed by atoms with Gasteiger partial charge in [-0.3, -0.25) is 4.79 Å². The molecule has 1 amide bonds. The van der Waals surface area contributed by atoms with E-state index >= 15 is 0 Å². The third-order valence-corrected chi connectivity index (χ3v) is 5.28. The molecule has 6 nitrogen and oxygen atoms in total. The molecule has 2 aromatic carbocycles. The van der Waals surface area contributed by atoms with E-state index in [0.717, 1.165) is 43.0 Å². The van der Waals surface area contributed by atoms with Gasteiger partial charge in [-0.25, -0.2) is 0 Å². The predicted octanol–water partition coefficient (Wildman–Crippen LogP) is 4.17. The topological polar surface area (TPSA) is 69.0 Å². The zero-order valence-corrected chi connectivity index (χ0v) is 16.9. The van der Waals surface area contributed by atoms with Crippen LogP contribution in [0.4, 0.5) is 0 Å². The summed E-state index contributed by atoms with van der Waals surface area (Å²) in [5.74, 6) is 2.16. The summed E-state index contributed by atoms with van der Waals surface area (Å²) in [5.41, 5.74) is 1.48. The van der Waals surface area contributed by atoms with Crippen molar-refractivity contribution >= 4 is 17.5 Å². The molecule has 0 bridgehead atoms. The standard InChI is InChI=1S/C22H23ClN4O2/c23-17-11-9-16(10-12-17)15-29-19-7-4-3-6-18(19)22(28)24-14-21-26-25-20-8-2-1-5-13-27(20)21/h3-4,6-7,9-12H,1-2,5,8,13-15H2,(H,24,28). The molecule has 0 aliphatic carbocycles. The maximum Gasteiger partial charge on any atom is 0.255 e. The zero-order chi connectivity index (χ0) is 20.1. The average molecular weight is 411 g/mol. The molecule has 0 spiro atoms. The Labute approximate surface area is 174 Å². The highest BCUT2D eigenvalue weighted by molar-refractivity contribution is 6.30. The van der Waals surface area contributed by atoms with Gasteiger partial charge in [0.05, 0.1) is 12.1 Å². The second-order valence-electron chi connectivity index (χ2n) is 7.09. The van der Waals surface area contributed by atoms with Crippen LogP contribution in [0.2, 0.25) is 5.02 Å². The molecule has 0 saturated heterocycles. The Morgan fingerprint density at radius 2 is 1.90 bits per heavy atom. The summed E-state index contributed by atoms with van der Waals surface area (Å²) in [6, 6.07) is 14.7. The first-order valence-corrected chi connectivity index (χ1v) is 10.2. The minimum Gasteiger partial charge on any atom is -0.488 e. The van der Waals surface area contributed by atoms with Crippen LogP contribution < -0.4 is 10.1 Å². The highest BCUT2D eigenvalue weighted by Gasteiger charge is 2.17. The Morgan fingerprint density at radius 1 is 1.07 bits per heavy atom. The molecule has 1 aliphatic heterocycles. The maximum absolute atomic E-state index is 12.8. The molecule has 4 rings (SSSR count). The third-order valence-electron chi connectivity index (χ3n) is 5.03. The third kappa shape index (κ3) is 4.77. The molecule has 1 aliphatic rings. The number of aromatic nitrogens is 3. The van der Waals surface area contributed by atoms with E-state index in [1.807, 2.05) is 36.4 Å². The minimum atomic E-state index is -0.192. The number of nitrogens with one attached hydrogen (secondary N) is 1. The molecule has 0 radical (unpaired) electrons. The van der Waals surface area contributed by atoms with Crippen LogP contribution in [0.15, 0.2) is 48.5 Å². The SMILES string of the molecule is O=C(NCc1nnc2n1CCCCC2)c1ccccc1OCc1ccc(Cl)cc1. The lowest BCUT2D eigenvalue weighted by atomic mass is 10.2. The number of fused-ring (bicyclic) bond motifs is 1. The zero-order valence-electron chi connectivity index (χ0n) is 16.1. The quantitative estimate of drug-likeness (QED) is 0.662. The summed E-state index contributed by atoms with van der Waals surface area (Å²) in [6.45, 7) is 1.62.